The summed E-state index contributed by atoms with van der Waals surface area (Å²) in [6.07, 6.45) is 6.68. The number of halogens is 1. The van der Waals surface area contributed by atoms with Gasteiger partial charge in [0, 0.05) is 35.8 Å². The van der Waals surface area contributed by atoms with Crippen molar-refractivity contribution in [3.8, 4) is 0 Å². The highest BCUT2D eigenvalue weighted by molar-refractivity contribution is 7.16. The van der Waals surface area contributed by atoms with Gasteiger partial charge >= 0.3 is 0 Å². The number of ether oxygens (including phenoxy) is 1. The molecule has 3 nitrogen and oxygen atoms in total. The lowest BCUT2D eigenvalue weighted by molar-refractivity contribution is -0.0954. The fraction of sp³-hybridized carbons (Fsp3) is 0.471. The summed E-state index contributed by atoms with van der Waals surface area (Å²) >= 11 is 7.97. The van der Waals surface area contributed by atoms with Gasteiger partial charge in [-0.25, -0.2) is 0 Å². The molecule has 0 saturated carbocycles. The Morgan fingerprint density at radius 1 is 1.45 bits per heavy atom. The molecular weight excluding hydrogens is 316 g/mol. The van der Waals surface area contributed by atoms with E-state index in [1.807, 2.05) is 18.5 Å². The summed E-state index contributed by atoms with van der Waals surface area (Å²) in [4.78, 5) is 5.61. The van der Waals surface area contributed by atoms with E-state index in [1.165, 1.54) is 16.0 Å². The number of aromatic nitrogens is 1. The van der Waals surface area contributed by atoms with Crippen molar-refractivity contribution in [2.24, 2.45) is 0 Å². The van der Waals surface area contributed by atoms with Crippen LogP contribution < -0.4 is 5.32 Å². The van der Waals surface area contributed by atoms with E-state index in [-0.39, 0.29) is 11.6 Å². The predicted molar refractivity (Wildman–Crippen MR) is 89.5 cm³/mol. The molecule has 1 fully saturated rings. The number of nitrogens with one attached hydrogen (secondary N) is 1. The van der Waals surface area contributed by atoms with E-state index in [4.69, 9.17) is 16.3 Å². The Hall–Kier alpha value is -0.940. The number of thiophene rings is 1. The minimum atomic E-state index is -0.198. The topological polar surface area (TPSA) is 34.2 Å². The van der Waals surface area contributed by atoms with Gasteiger partial charge in [-0.2, -0.15) is 0 Å². The van der Waals surface area contributed by atoms with Crippen molar-refractivity contribution in [1.29, 1.82) is 0 Å². The Morgan fingerprint density at radius 2 is 2.36 bits per heavy atom. The van der Waals surface area contributed by atoms with Crippen molar-refractivity contribution >= 4 is 22.9 Å². The van der Waals surface area contributed by atoms with Crippen molar-refractivity contribution in [2.45, 2.75) is 43.9 Å². The molecule has 2 aromatic heterocycles. The van der Waals surface area contributed by atoms with E-state index >= 15 is 0 Å². The highest BCUT2D eigenvalue weighted by atomic mass is 35.5. The van der Waals surface area contributed by atoms with Crippen LogP contribution >= 0.6 is 22.9 Å². The van der Waals surface area contributed by atoms with Crippen LogP contribution in [-0.4, -0.2) is 17.6 Å². The first-order chi connectivity index (χ1) is 10.7. The van der Waals surface area contributed by atoms with E-state index in [0.717, 1.165) is 30.2 Å². The fourth-order valence-corrected chi connectivity index (χ4v) is 5.32. The lowest BCUT2D eigenvalue weighted by atomic mass is 9.78. The van der Waals surface area contributed by atoms with Crippen LogP contribution in [0.5, 0.6) is 0 Å². The van der Waals surface area contributed by atoms with Crippen LogP contribution in [0.3, 0.4) is 0 Å². The molecule has 2 aliphatic rings. The number of piperidine rings is 1. The van der Waals surface area contributed by atoms with Crippen molar-refractivity contribution in [3.63, 3.8) is 0 Å². The monoisotopic (exact) mass is 334 g/mol. The molecule has 0 amide bonds. The Bertz CT molecular complexity index is 675. The molecule has 2 aromatic rings. The van der Waals surface area contributed by atoms with E-state index < -0.39 is 0 Å². The molecule has 116 valence electrons. The second-order valence-electron chi connectivity index (χ2n) is 6.31. The van der Waals surface area contributed by atoms with Crippen LogP contribution in [0.1, 0.15) is 41.8 Å². The van der Waals surface area contributed by atoms with Gasteiger partial charge in [0.2, 0.25) is 0 Å². The van der Waals surface area contributed by atoms with E-state index in [0.29, 0.717) is 6.04 Å². The lowest BCUT2D eigenvalue weighted by Crippen LogP contribution is -2.49. The third kappa shape index (κ3) is 2.48. The highest BCUT2D eigenvalue weighted by Gasteiger charge is 2.46. The van der Waals surface area contributed by atoms with Gasteiger partial charge in [-0.05, 0) is 43.0 Å². The van der Waals surface area contributed by atoms with Crippen LogP contribution in [0.2, 0.25) is 4.34 Å². The fourth-order valence-electron chi connectivity index (χ4n) is 3.86. The number of nitrogens with zero attached hydrogens (tertiary/aromatic N) is 1. The summed E-state index contributed by atoms with van der Waals surface area (Å²) in [6.45, 7) is 3.02. The van der Waals surface area contributed by atoms with Gasteiger partial charge in [0.05, 0.1) is 10.9 Å². The average Bonchev–Trinajstić information content (AvgIpc) is 2.90. The van der Waals surface area contributed by atoms with Crippen molar-refractivity contribution in [3.05, 3.63) is 50.9 Å². The van der Waals surface area contributed by atoms with Crippen LogP contribution in [-0.2, 0) is 16.8 Å². The van der Waals surface area contributed by atoms with E-state index in [1.54, 1.807) is 11.3 Å². The van der Waals surface area contributed by atoms with Gasteiger partial charge < -0.3 is 10.1 Å². The summed E-state index contributed by atoms with van der Waals surface area (Å²) in [5.74, 6) is 0. The molecule has 3 atom stereocenters. The van der Waals surface area contributed by atoms with Gasteiger partial charge in [-0.15, -0.1) is 11.3 Å². The molecule has 22 heavy (non-hydrogen) atoms. The molecule has 2 aliphatic heterocycles. The molecule has 3 unspecified atom stereocenters. The zero-order valence-electron chi connectivity index (χ0n) is 12.5. The van der Waals surface area contributed by atoms with Gasteiger partial charge in [-0.3, -0.25) is 4.98 Å². The standard InChI is InChI=1S/C17H19ClN2OS/c1-11-8-17(9-14(20-11)13-3-2-5-19-10-13)16-12(4-6-21-17)7-15(18)22-16/h2-3,5,7,10-11,14,20H,4,6,8-9H2,1H3. The van der Waals surface area contributed by atoms with Gasteiger partial charge in [-0.1, -0.05) is 17.7 Å². The molecule has 4 heterocycles. The molecule has 4 rings (SSSR count). The Morgan fingerprint density at radius 3 is 3.18 bits per heavy atom. The largest absolute Gasteiger partial charge is 0.369 e. The summed E-state index contributed by atoms with van der Waals surface area (Å²) in [5.41, 5.74) is 2.41. The predicted octanol–water partition coefficient (Wildman–Crippen LogP) is 4.08. The van der Waals surface area contributed by atoms with Crippen LogP contribution in [0.15, 0.2) is 30.6 Å². The van der Waals surface area contributed by atoms with Crippen molar-refractivity contribution in [2.75, 3.05) is 6.61 Å². The lowest BCUT2D eigenvalue weighted by Gasteiger charge is -2.46. The zero-order valence-corrected chi connectivity index (χ0v) is 14.1. The van der Waals surface area contributed by atoms with Gasteiger partial charge in [0.25, 0.3) is 0 Å². The van der Waals surface area contributed by atoms with Gasteiger partial charge in [0.1, 0.15) is 5.60 Å². The second kappa shape index (κ2) is 5.60. The molecule has 1 N–H and O–H groups in total. The number of hydrogen-bond donors (Lipinski definition) is 1. The first-order valence-electron chi connectivity index (χ1n) is 7.75. The van der Waals surface area contributed by atoms with Crippen LogP contribution in [0.25, 0.3) is 0 Å². The third-order valence-corrected chi connectivity index (χ3v) is 6.18. The molecule has 5 heteroatoms. The normalized spacial score (nSPS) is 31.2. The summed E-state index contributed by atoms with van der Waals surface area (Å²) in [7, 11) is 0. The molecule has 0 bridgehead atoms. The summed E-state index contributed by atoms with van der Waals surface area (Å²) < 4.78 is 7.23. The first-order valence-corrected chi connectivity index (χ1v) is 8.94. The molecular formula is C17H19ClN2OS. The molecule has 1 saturated heterocycles. The van der Waals surface area contributed by atoms with Crippen molar-refractivity contribution < 1.29 is 4.74 Å². The van der Waals surface area contributed by atoms with Crippen molar-refractivity contribution in [1.82, 2.24) is 10.3 Å². The Labute approximate surface area is 139 Å². The third-order valence-electron chi connectivity index (χ3n) is 4.68. The Balaban J connectivity index is 1.73. The number of rotatable bonds is 1. The number of hydrogen-bond acceptors (Lipinski definition) is 4. The molecule has 0 aromatic carbocycles. The average molecular weight is 335 g/mol. The smallest absolute Gasteiger partial charge is 0.106 e. The van der Waals surface area contributed by atoms with E-state index in [2.05, 4.69) is 29.4 Å². The maximum absolute atomic E-state index is 6.36. The Kier molecular flexibility index (Phi) is 3.73. The van der Waals surface area contributed by atoms with Gasteiger partial charge in [0.15, 0.2) is 0 Å². The maximum Gasteiger partial charge on any atom is 0.106 e. The number of fused-ring (bicyclic) bond motifs is 2. The van der Waals surface area contributed by atoms with Crippen LogP contribution in [0, 0.1) is 0 Å². The minimum Gasteiger partial charge on any atom is -0.369 e. The van der Waals surface area contributed by atoms with E-state index in [9.17, 15) is 0 Å². The highest BCUT2D eigenvalue weighted by Crippen LogP contribution is 2.49. The SMILES string of the molecule is CC1CC2(CC(c3cccnc3)N1)OCCc1cc(Cl)sc12. The van der Waals surface area contributed by atoms with Crippen LogP contribution in [0.4, 0.5) is 0 Å². The first kappa shape index (κ1) is 14.6. The second-order valence-corrected chi connectivity index (χ2v) is 8.00. The number of pyridine rings is 1. The summed E-state index contributed by atoms with van der Waals surface area (Å²) in [6, 6.07) is 6.92. The summed E-state index contributed by atoms with van der Waals surface area (Å²) in [5, 5.41) is 3.69. The maximum atomic E-state index is 6.36. The zero-order chi connectivity index (χ0) is 15.2. The quantitative estimate of drug-likeness (QED) is 0.853. The molecule has 0 radical (unpaired) electrons. The molecule has 0 aliphatic carbocycles. The minimum absolute atomic E-state index is 0.198. The molecule has 1 spiro atoms.